The fourth-order valence-electron chi connectivity index (χ4n) is 3.67. The van der Waals surface area contributed by atoms with Gasteiger partial charge >= 0.3 is 0 Å². The van der Waals surface area contributed by atoms with Crippen LogP contribution in [0, 0.1) is 5.82 Å². The first-order valence-electron chi connectivity index (χ1n) is 9.33. The number of aryl methyl sites for hydroxylation is 1. The molecular weight excluding hydrogens is 395 g/mol. The zero-order valence-corrected chi connectivity index (χ0v) is 16.7. The maximum absolute atomic E-state index is 13.1. The Kier molecular flexibility index (Phi) is 5.10. The van der Waals surface area contributed by atoms with Gasteiger partial charge in [-0.15, -0.1) is 0 Å². The molecular formula is C20H21FN4O3S. The molecule has 0 bridgehead atoms. The van der Waals surface area contributed by atoms with Crippen molar-refractivity contribution in [2.75, 3.05) is 6.54 Å². The molecule has 0 saturated carbocycles. The van der Waals surface area contributed by atoms with Crippen LogP contribution in [-0.2, 0) is 28.4 Å². The van der Waals surface area contributed by atoms with Gasteiger partial charge in [-0.1, -0.05) is 12.1 Å². The van der Waals surface area contributed by atoms with Gasteiger partial charge in [-0.3, -0.25) is 4.79 Å². The molecule has 1 atom stereocenters. The van der Waals surface area contributed by atoms with E-state index < -0.39 is 21.9 Å². The Morgan fingerprint density at radius 3 is 2.66 bits per heavy atom. The number of aromatic nitrogens is 2. The highest BCUT2D eigenvalue weighted by Crippen LogP contribution is 2.26. The summed E-state index contributed by atoms with van der Waals surface area (Å²) in [4.78, 5) is 17.3. The van der Waals surface area contributed by atoms with Gasteiger partial charge < -0.3 is 9.88 Å². The number of carbonyl (C=O) groups is 1. The zero-order chi connectivity index (χ0) is 20.6. The van der Waals surface area contributed by atoms with Crippen molar-refractivity contribution in [1.82, 2.24) is 19.2 Å². The molecule has 152 valence electrons. The Bertz CT molecular complexity index is 1160. The van der Waals surface area contributed by atoms with Crippen molar-refractivity contribution in [3.05, 3.63) is 60.2 Å². The quantitative estimate of drug-likeness (QED) is 0.691. The molecule has 29 heavy (non-hydrogen) atoms. The third-order valence-electron chi connectivity index (χ3n) is 5.23. The fraction of sp³-hybridized carbons (Fsp3) is 0.300. The van der Waals surface area contributed by atoms with Crippen LogP contribution in [0.15, 0.2) is 53.4 Å². The van der Waals surface area contributed by atoms with Crippen LogP contribution >= 0.6 is 0 Å². The highest BCUT2D eigenvalue weighted by atomic mass is 32.2. The number of nitrogens with zero attached hydrogens (tertiary/aromatic N) is 3. The summed E-state index contributed by atoms with van der Waals surface area (Å²) in [7, 11) is -2.00. The number of carbonyl (C=O) groups excluding carboxylic acids is 1. The van der Waals surface area contributed by atoms with Crippen LogP contribution in [-0.4, -0.2) is 40.8 Å². The number of nitrogens with one attached hydrogen (secondary N) is 1. The summed E-state index contributed by atoms with van der Waals surface area (Å²) >= 11 is 0. The molecule has 4 rings (SSSR count). The zero-order valence-electron chi connectivity index (χ0n) is 15.9. The van der Waals surface area contributed by atoms with E-state index in [1.165, 1.54) is 16.4 Å². The minimum absolute atomic E-state index is 0.0195. The molecule has 3 aromatic rings. The Labute approximate surface area is 168 Å². The summed E-state index contributed by atoms with van der Waals surface area (Å²) < 4.78 is 42.1. The Morgan fingerprint density at radius 2 is 1.93 bits per heavy atom. The average Bonchev–Trinajstić information content (AvgIpc) is 3.33. The lowest BCUT2D eigenvalue weighted by Gasteiger charge is -2.23. The fourth-order valence-corrected chi connectivity index (χ4v) is 5.33. The van der Waals surface area contributed by atoms with Gasteiger partial charge in [0.15, 0.2) is 0 Å². The van der Waals surface area contributed by atoms with Crippen molar-refractivity contribution in [1.29, 1.82) is 0 Å². The van der Waals surface area contributed by atoms with Crippen molar-refractivity contribution < 1.29 is 17.6 Å². The smallest absolute Gasteiger partial charge is 0.243 e. The first-order valence-corrected chi connectivity index (χ1v) is 10.8. The number of hydrogen-bond acceptors (Lipinski definition) is 4. The van der Waals surface area contributed by atoms with Crippen LogP contribution in [0.1, 0.15) is 18.7 Å². The van der Waals surface area contributed by atoms with Crippen LogP contribution in [0.25, 0.3) is 11.0 Å². The van der Waals surface area contributed by atoms with Crippen LogP contribution in [0.2, 0.25) is 0 Å². The van der Waals surface area contributed by atoms with E-state index in [1.54, 1.807) is 0 Å². The van der Waals surface area contributed by atoms with Crippen LogP contribution in [0.4, 0.5) is 4.39 Å². The van der Waals surface area contributed by atoms with Gasteiger partial charge in [0.25, 0.3) is 0 Å². The van der Waals surface area contributed by atoms with E-state index in [-0.39, 0.29) is 23.9 Å². The predicted molar refractivity (Wildman–Crippen MR) is 106 cm³/mol. The van der Waals surface area contributed by atoms with Gasteiger partial charge in [-0.2, -0.15) is 4.31 Å². The third kappa shape index (κ3) is 3.63. The first kappa shape index (κ1) is 19.5. The average molecular weight is 416 g/mol. The van der Waals surface area contributed by atoms with Crippen molar-refractivity contribution in [2.45, 2.75) is 30.3 Å². The molecule has 1 N–H and O–H groups in total. The molecule has 2 heterocycles. The molecule has 9 heteroatoms. The van der Waals surface area contributed by atoms with Gasteiger partial charge in [0.05, 0.1) is 22.5 Å². The van der Waals surface area contributed by atoms with E-state index in [0.717, 1.165) is 23.2 Å². The number of imidazole rings is 1. The predicted octanol–water partition coefficient (Wildman–Crippen LogP) is 2.18. The monoisotopic (exact) mass is 416 g/mol. The lowest BCUT2D eigenvalue weighted by molar-refractivity contribution is -0.124. The van der Waals surface area contributed by atoms with Gasteiger partial charge in [0, 0.05) is 13.6 Å². The normalized spacial score (nSPS) is 17.7. The number of sulfonamides is 1. The lowest BCUT2D eigenvalue weighted by Crippen LogP contribution is -2.45. The maximum atomic E-state index is 13.1. The number of fused-ring (bicyclic) bond motifs is 1. The lowest BCUT2D eigenvalue weighted by atomic mass is 10.2. The van der Waals surface area contributed by atoms with E-state index in [2.05, 4.69) is 10.3 Å². The largest absolute Gasteiger partial charge is 0.347 e. The molecule has 7 nitrogen and oxygen atoms in total. The first-order chi connectivity index (χ1) is 13.9. The van der Waals surface area contributed by atoms with E-state index in [9.17, 15) is 17.6 Å². The molecule has 1 amide bonds. The molecule has 1 aliphatic rings. The van der Waals surface area contributed by atoms with E-state index in [4.69, 9.17) is 0 Å². The molecule has 0 aliphatic carbocycles. The number of benzene rings is 2. The van der Waals surface area contributed by atoms with Gasteiger partial charge in [-0.05, 0) is 49.2 Å². The topological polar surface area (TPSA) is 84.3 Å². The van der Waals surface area contributed by atoms with Crippen LogP contribution in [0.3, 0.4) is 0 Å². The van der Waals surface area contributed by atoms with Gasteiger partial charge in [-0.25, -0.2) is 17.8 Å². The molecule has 1 aliphatic heterocycles. The number of halogens is 1. The van der Waals surface area contributed by atoms with Gasteiger partial charge in [0.1, 0.15) is 17.7 Å². The van der Waals surface area contributed by atoms with Crippen molar-refractivity contribution in [2.24, 2.45) is 7.05 Å². The molecule has 0 spiro atoms. The third-order valence-corrected chi connectivity index (χ3v) is 7.15. The number of rotatable bonds is 5. The van der Waals surface area contributed by atoms with Crippen molar-refractivity contribution >= 4 is 27.0 Å². The standard InChI is InChI=1S/C20H21FN4O3S/c1-24-17-6-3-2-5-16(17)23-19(24)13-22-20(26)18-7-4-12-25(18)29(27,28)15-10-8-14(21)9-11-15/h2-3,5-6,8-11,18H,4,7,12-13H2,1H3,(H,22,26). The summed E-state index contributed by atoms with van der Waals surface area (Å²) in [6.45, 7) is 0.453. The maximum Gasteiger partial charge on any atom is 0.243 e. The number of para-hydroxylation sites is 2. The second kappa shape index (κ2) is 7.57. The second-order valence-corrected chi connectivity index (χ2v) is 8.91. The Hall–Kier alpha value is -2.78. The summed E-state index contributed by atoms with van der Waals surface area (Å²) in [5, 5.41) is 2.82. The second-order valence-electron chi connectivity index (χ2n) is 7.02. The van der Waals surface area contributed by atoms with Crippen molar-refractivity contribution in [3.63, 3.8) is 0 Å². The Balaban J connectivity index is 1.50. The number of amides is 1. The highest BCUT2D eigenvalue weighted by Gasteiger charge is 2.39. The summed E-state index contributed by atoms with van der Waals surface area (Å²) in [6.07, 6.45) is 1.03. The summed E-state index contributed by atoms with van der Waals surface area (Å²) in [5.41, 5.74) is 1.79. The van der Waals surface area contributed by atoms with E-state index >= 15 is 0 Å². The van der Waals surface area contributed by atoms with Crippen molar-refractivity contribution in [3.8, 4) is 0 Å². The Morgan fingerprint density at radius 1 is 1.21 bits per heavy atom. The molecule has 1 aromatic heterocycles. The molecule has 1 fully saturated rings. The van der Waals surface area contributed by atoms with Crippen LogP contribution < -0.4 is 5.32 Å². The molecule has 2 aromatic carbocycles. The number of hydrogen-bond donors (Lipinski definition) is 1. The molecule has 0 radical (unpaired) electrons. The molecule has 1 unspecified atom stereocenters. The SMILES string of the molecule is Cn1c(CNC(=O)C2CCCN2S(=O)(=O)c2ccc(F)cc2)nc2ccccc21. The molecule has 1 saturated heterocycles. The van der Waals surface area contributed by atoms with E-state index in [0.29, 0.717) is 18.7 Å². The van der Waals surface area contributed by atoms with E-state index in [1.807, 2.05) is 35.9 Å². The van der Waals surface area contributed by atoms with Gasteiger partial charge in [0.2, 0.25) is 15.9 Å². The van der Waals surface area contributed by atoms with Crippen LogP contribution in [0.5, 0.6) is 0 Å². The minimum Gasteiger partial charge on any atom is -0.347 e. The minimum atomic E-state index is -3.88. The summed E-state index contributed by atoms with van der Waals surface area (Å²) in [6, 6.07) is 11.5. The summed E-state index contributed by atoms with van der Waals surface area (Å²) in [5.74, 6) is -0.187. The highest BCUT2D eigenvalue weighted by molar-refractivity contribution is 7.89.